The molecule has 1 saturated heterocycles. The fraction of sp³-hybridized carbons (Fsp3) is 0.500. The fourth-order valence-electron chi connectivity index (χ4n) is 2.21. The standard InChI is InChI=1S/C12H16FN3O4S/c13-11-5-4-10(16(17)18)7-12(11)21(19,20)15-9-3-1-2-6-14-8-9/h4-5,7,9,14-15H,1-3,6,8H2. The number of hydrogen-bond donors (Lipinski definition) is 2. The van der Waals surface area contributed by atoms with Crippen LogP contribution >= 0.6 is 0 Å². The third-order valence-electron chi connectivity index (χ3n) is 3.28. The molecule has 0 amide bonds. The van der Waals surface area contributed by atoms with Gasteiger partial charge in [0.2, 0.25) is 10.0 Å². The lowest BCUT2D eigenvalue weighted by molar-refractivity contribution is -0.385. The maximum Gasteiger partial charge on any atom is 0.270 e. The summed E-state index contributed by atoms with van der Waals surface area (Å²) in [7, 11) is -4.13. The van der Waals surface area contributed by atoms with Gasteiger partial charge in [0.05, 0.1) is 4.92 Å². The molecule has 2 N–H and O–H groups in total. The molecule has 0 spiro atoms. The van der Waals surface area contributed by atoms with Gasteiger partial charge in [-0.25, -0.2) is 17.5 Å². The Bertz CT molecular complexity index is 627. The van der Waals surface area contributed by atoms with Gasteiger partial charge in [0.1, 0.15) is 10.7 Å². The summed E-state index contributed by atoms with van der Waals surface area (Å²) in [6, 6.07) is 2.11. The van der Waals surface area contributed by atoms with Gasteiger partial charge in [0.25, 0.3) is 5.69 Å². The molecule has 1 heterocycles. The van der Waals surface area contributed by atoms with Gasteiger partial charge in [-0.3, -0.25) is 10.1 Å². The summed E-state index contributed by atoms with van der Waals surface area (Å²) < 4.78 is 40.5. The number of sulfonamides is 1. The van der Waals surface area contributed by atoms with Crippen molar-refractivity contribution in [2.24, 2.45) is 0 Å². The lowest BCUT2D eigenvalue weighted by atomic mass is 10.2. The summed E-state index contributed by atoms with van der Waals surface area (Å²) in [6.45, 7) is 1.26. The number of nitrogens with one attached hydrogen (secondary N) is 2. The number of rotatable bonds is 4. The zero-order valence-corrected chi connectivity index (χ0v) is 12.0. The van der Waals surface area contributed by atoms with E-state index in [1.165, 1.54) is 0 Å². The average Bonchev–Trinajstić information content (AvgIpc) is 2.66. The average molecular weight is 317 g/mol. The fourth-order valence-corrected chi connectivity index (χ4v) is 3.58. The number of benzene rings is 1. The Morgan fingerprint density at radius 1 is 1.38 bits per heavy atom. The first-order valence-corrected chi connectivity index (χ1v) is 8.05. The lowest BCUT2D eigenvalue weighted by Gasteiger charge is -2.16. The first kappa shape index (κ1) is 15.8. The first-order chi connectivity index (χ1) is 9.90. The van der Waals surface area contributed by atoms with Gasteiger partial charge in [-0.05, 0) is 25.5 Å². The van der Waals surface area contributed by atoms with E-state index >= 15 is 0 Å². The lowest BCUT2D eigenvalue weighted by Crippen LogP contribution is -2.41. The molecule has 1 aliphatic rings. The topological polar surface area (TPSA) is 101 Å². The van der Waals surface area contributed by atoms with Gasteiger partial charge in [-0.15, -0.1) is 0 Å². The predicted octanol–water partition coefficient (Wildman–Crippen LogP) is 1.15. The highest BCUT2D eigenvalue weighted by atomic mass is 32.2. The molecule has 0 bridgehead atoms. The van der Waals surface area contributed by atoms with Crippen molar-refractivity contribution in [3.05, 3.63) is 34.1 Å². The molecule has 0 aromatic heterocycles. The number of nitrogens with zero attached hydrogens (tertiary/aromatic N) is 1. The summed E-state index contributed by atoms with van der Waals surface area (Å²) in [5.41, 5.74) is -0.462. The van der Waals surface area contributed by atoms with Crippen molar-refractivity contribution >= 4 is 15.7 Å². The predicted molar refractivity (Wildman–Crippen MR) is 73.9 cm³/mol. The van der Waals surface area contributed by atoms with E-state index in [-0.39, 0.29) is 6.04 Å². The van der Waals surface area contributed by atoms with E-state index in [9.17, 15) is 22.9 Å². The van der Waals surface area contributed by atoms with Crippen LogP contribution in [0.5, 0.6) is 0 Å². The monoisotopic (exact) mass is 317 g/mol. The molecule has 1 aromatic rings. The van der Waals surface area contributed by atoms with Gasteiger partial charge in [-0.2, -0.15) is 0 Å². The van der Waals surface area contributed by atoms with Crippen LogP contribution in [0.3, 0.4) is 0 Å². The molecular weight excluding hydrogens is 301 g/mol. The molecule has 0 aliphatic carbocycles. The number of nitro groups is 1. The maximum atomic E-state index is 13.7. The van der Waals surface area contributed by atoms with Crippen molar-refractivity contribution in [3.8, 4) is 0 Å². The normalized spacial score (nSPS) is 20.0. The molecule has 1 fully saturated rings. The molecule has 116 valence electrons. The van der Waals surface area contributed by atoms with Crippen molar-refractivity contribution in [2.75, 3.05) is 13.1 Å². The summed E-state index contributed by atoms with van der Waals surface area (Å²) in [4.78, 5) is 9.23. The van der Waals surface area contributed by atoms with Crippen LogP contribution in [0.4, 0.5) is 10.1 Å². The SMILES string of the molecule is O=[N+]([O-])c1ccc(F)c(S(=O)(=O)NC2CCCCNC2)c1. The van der Waals surface area contributed by atoms with Crippen LogP contribution in [0.2, 0.25) is 0 Å². The van der Waals surface area contributed by atoms with E-state index in [1.807, 2.05) is 0 Å². The quantitative estimate of drug-likeness (QED) is 0.641. The van der Waals surface area contributed by atoms with Gasteiger partial charge in [-0.1, -0.05) is 6.42 Å². The molecular formula is C12H16FN3O4S. The minimum absolute atomic E-state index is 0.351. The molecule has 1 atom stereocenters. The Labute approximate surface area is 121 Å². The molecule has 7 nitrogen and oxygen atoms in total. The minimum atomic E-state index is -4.13. The van der Waals surface area contributed by atoms with E-state index < -0.39 is 31.3 Å². The second-order valence-corrected chi connectivity index (χ2v) is 6.57. The number of non-ortho nitro benzene ring substituents is 1. The Hall–Kier alpha value is -1.58. The third-order valence-corrected chi connectivity index (χ3v) is 4.82. The Morgan fingerprint density at radius 2 is 2.14 bits per heavy atom. The van der Waals surface area contributed by atoms with Gasteiger partial charge >= 0.3 is 0 Å². The molecule has 1 aromatic carbocycles. The van der Waals surface area contributed by atoms with Crippen molar-refractivity contribution in [1.29, 1.82) is 0 Å². The molecule has 0 radical (unpaired) electrons. The van der Waals surface area contributed by atoms with Crippen LogP contribution in [0.25, 0.3) is 0 Å². The van der Waals surface area contributed by atoms with Crippen molar-refractivity contribution in [2.45, 2.75) is 30.2 Å². The van der Waals surface area contributed by atoms with E-state index in [4.69, 9.17) is 0 Å². The van der Waals surface area contributed by atoms with Gasteiger partial charge < -0.3 is 5.32 Å². The van der Waals surface area contributed by atoms with Crippen molar-refractivity contribution in [1.82, 2.24) is 10.0 Å². The number of halogens is 1. The van der Waals surface area contributed by atoms with Crippen LogP contribution in [0.1, 0.15) is 19.3 Å². The summed E-state index contributed by atoms with van der Waals surface area (Å²) >= 11 is 0. The van der Waals surface area contributed by atoms with Gasteiger partial charge in [0.15, 0.2) is 0 Å². The second kappa shape index (κ2) is 6.46. The molecule has 1 unspecified atom stereocenters. The van der Waals surface area contributed by atoms with E-state index in [1.54, 1.807) is 0 Å². The largest absolute Gasteiger partial charge is 0.315 e. The van der Waals surface area contributed by atoms with Crippen molar-refractivity contribution < 1.29 is 17.7 Å². The molecule has 0 saturated carbocycles. The second-order valence-electron chi connectivity index (χ2n) is 4.89. The first-order valence-electron chi connectivity index (χ1n) is 6.57. The summed E-state index contributed by atoms with van der Waals surface area (Å²) in [5, 5.41) is 13.8. The minimum Gasteiger partial charge on any atom is -0.315 e. The molecule has 1 aliphatic heterocycles. The van der Waals surface area contributed by atoms with Crippen LogP contribution in [0, 0.1) is 15.9 Å². The Kier molecular flexibility index (Phi) is 4.86. The molecule has 21 heavy (non-hydrogen) atoms. The zero-order valence-electron chi connectivity index (χ0n) is 11.2. The van der Waals surface area contributed by atoms with E-state index in [2.05, 4.69) is 10.0 Å². The highest BCUT2D eigenvalue weighted by Gasteiger charge is 2.26. The van der Waals surface area contributed by atoms with Crippen molar-refractivity contribution in [3.63, 3.8) is 0 Å². The maximum absolute atomic E-state index is 13.7. The van der Waals surface area contributed by atoms with Crippen LogP contribution in [0.15, 0.2) is 23.1 Å². The highest BCUT2D eigenvalue weighted by Crippen LogP contribution is 2.21. The van der Waals surface area contributed by atoms with Crippen LogP contribution in [-0.2, 0) is 10.0 Å². The smallest absolute Gasteiger partial charge is 0.270 e. The van der Waals surface area contributed by atoms with E-state index in [0.29, 0.717) is 13.0 Å². The Balaban J connectivity index is 2.26. The third kappa shape index (κ3) is 3.96. The Morgan fingerprint density at radius 3 is 2.86 bits per heavy atom. The number of nitro benzene ring substituents is 1. The summed E-state index contributed by atoms with van der Waals surface area (Å²) in [5.74, 6) is -1.00. The highest BCUT2D eigenvalue weighted by molar-refractivity contribution is 7.89. The van der Waals surface area contributed by atoms with Crippen LogP contribution in [-0.4, -0.2) is 32.5 Å². The van der Waals surface area contributed by atoms with Crippen LogP contribution < -0.4 is 10.0 Å². The molecule has 2 rings (SSSR count). The van der Waals surface area contributed by atoms with Gasteiger partial charge in [0, 0.05) is 24.7 Å². The summed E-state index contributed by atoms with van der Waals surface area (Å²) in [6.07, 6.45) is 2.45. The van der Waals surface area contributed by atoms with E-state index in [0.717, 1.165) is 37.6 Å². The zero-order chi connectivity index (χ0) is 15.5. The number of hydrogen-bond acceptors (Lipinski definition) is 5. The molecule has 9 heteroatoms.